The SMILES string of the molecule is O=C(CC1C2CC3CC(C2)CC1C3)N1CC=CC1. The minimum absolute atomic E-state index is 0.414. The quantitative estimate of drug-likeness (QED) is 0.685. The molecule has 1 aliphatic heterocycles. The van der Waals surface area contributed by atoms with Gasteiger partial charge in [0.25, 0.3) is 0 Å². The van der Waals surface area contributed by atoms with Crippen LogP contribution < -0.4 is 0 Å². The van der Waals surface area contributed by atoms with E-state index < -0.39 is 0 Å². The number of amides is 1. The molecule has 1 heterocycles. The van der Waals surface area contributed by atoms with Gasteiger partial charge in [-0.1, -0.05) is 12.2 Å². The first-order chi connectivity index (χ1) is 8.79. The van der Waals surface area contributed by atoms with Crippen LogP contribution in [0.3, 0.4) is 0 Å². The summed E-state index contributed by atoms with van der Waals surface area (Å²) in [5.74, 6) is 4.96. The van der Waals surface area contributed by atoms with Crippen molar-refractivity contribution >= 4 is 5.91 Å². The molecule has 4 aliphatic carbocycles. The van der Waals surface area contributed by atoms with Crippen LogP contribution in [0.4, 0.5) is 0 Å². The lowest BCUT2D eigenvalue weighted by Gasteiger charge is -2.54. The summed E-state index contributed by atoms with van der Waals surface area (Å²) in [6, 6.07) is 0. The highest BCUT2D eigenvalue weighted by Gasteiger charge is 2.48. The molecule has 0 aromatic carbocycles. The average molecular weight is 245 g/mol. The van der Waals surface area contributed by atoms with Crippen LogP contribution in [0.25, 0.3) is 0 Å². The molecule has 5 rings (SSSR count). The number of hydrogen-bond donors (Lipinski definition) is 0. The molecule has 0 aromatic heterocycles. The van der Waals surface area contributed by atoms with Gasteiger partial charge in [0, 0.05) is 19.5 Å². The lowest BCUT2D eigenvalue weighted by molar-refractivity contribution is -0.135. The summed E-state index contributed by atoms with van der Waals surface area (Å²) in [5, 5.41) is 0. The molecule has 98 valence electrons. The third kappa shape index (κ3) is 1.72. The van der Waals surface area contributed by atoms with Crippen LogP contribution in [0.15, 0.2) is 12.2 Å². The molecular weight excluding hydrogens is 222 g/mol. The average Bonchev–Trinajstić information content (AvgIpc) is 2.86. The number of rotatable bonds is 2. The van der Waals surface area contributed by atoms with Crippen molar-refractivity contribution in [3.8, 4) is 0 Å². The Balaban J connectivity index is 1.44. The van der Waals surface area contributed by atoms with Crippen molar-refractivity contribution in [1.82, 2.24) is 4.90 Å². The van der Waals surface area contributed by atoms with E-state index in [9.17, 15) is 4.79 Å². The van der Waals surface area contributed by atoms with Gasteiger partial charge in [-0.3, -0.25) is 4.79 Å². The van der Waals surface area contributed by atoms with E-state index >= 15 is 0 Å². The molecule has 4 bridgehead atoms. The smallest absolute Gasteiger partial charge is 0.223 e. The van der Waals surface area contributed by atoms with Crippen molar-refractivity contribution in [3.63, 3.8) is 0 Å². The van der Waals surface area contributed by atoms with Crippen molar-refractivity contribution < 1.29 is 4.79 Å². The molecule has 0 spiro atoms. The number of carbonyl (C=O) groups excluding carboxylic acids is 1. The molecular formula is C16H23NO. The number of carbonyl (C=O) groups is 1. The summed E-state index contributed by atoms with van der Waals surface area (Å²) >= 11 is 0. The van der Waals surface area contributed by atoms with Gasteiger partial charge in [-0.2, -0.15) is 0 Å². The molecule has 4 fully saturated rings. The maximum absolute atomic E-state index is 12.3. The third-order valence-electron chi connectivity index (χ3n) is 6.00. The molecule has 0 atom stereocenters. The summed E-state index contributed by atoms with van der Waals surface area (Å²) in [6.45, 7) is 1.71. The fourth-order valence-electron chi connectivity index (χ4n) is 5.38. The highest BCUT2D eigenvalue weighted by Crippen LogP contribution is 2.57. The van der Waals surface area contributed by atoms with Crippen molar-refractivity contribution in [1.29, 1.82) is 0 Å². The largest absolute Gasteiger partial charge is 0.335 e. The van der Waals surface area contributed by atoms with Crippen LogP contribution in [0.1, 0.15) is 38.5 Å². The second-order valence-corrected chi connectivity index (χ2v) is 7.07. The van der Waals surface area contributed by atoms with Crippen molar-refractivity contribution in [3.05, 3.63) is 12.2 Å². The first-order valence-electron chi connectivity index (χ1n) is 7.72. The molecule has 2 heteroatoms. The Hall–Kier alpha value is -0.790. The van der Waals surface area contributed by atoms with Gasteiger partial charge >= 0.3 is 0 Å². The molecule has 5 aliphatic rings. The van der Waals surface area contributed by atoms with E-state index in [1.54, 1.807) is 0 Å². The topological polar surface area (TPSA) is 20.3 Å². The summed E-state index contributed by atoms with van der Waals surface area (Å²) in [5.41, 5.74) is 0. The van der Waals surface area contributed by atoms with Gasteiger partial charge in [-0.15, -0.1) is 0 Å². The van der Waals surface area contributed by atoms with Crippen molar-refractivity contribution in [2.24, 2.45) is 29.6 Å². The van der Waals surface area contributed by atoms with E-state index in [0.717, 1.165) is 49.1 Å². The second kappa shape index (κ2) is 4.11. The second-order valence-electron chi connectivity index (χ2n) is 7.07. The van der Waals surface area contributed by atoms with Gasteiger partial charge < -0.3 is 4.90 Å². The number of nitrogens with zero attached hydrogens (tertiary/aromatic N) is 1. The Morgan fingerprint density at radius 3 is 2.06 bits per heavy atom. The van der Waals surface area contributed by atoms with Crippen LogP contribution in [-0.4, -0.2) is 23.9 Å². The molecule has 18 heavy (non-hydrogen) atoms. The fraction of sp³-hybridized carbons (Fsp3) is 0.812. The Morgan fingerprint density at radius 1 is 0.944 bits per heavy atom. The van der Waals surface area contributed by atoms with Crippen molar-refractivity contribution in [2.75, 3.05) is 13.1 Å². The lowest BCUT2D eigenvalue weighted by atomic mass is 9.51. The van der Waals surface area contributed by atoms with Gasteiger partial charge in [0.1, 0.15) is 0 Å². The van der Waals surface area contributed by atoms with Gasteiger partial charge in [0.2, 0.25) is 5.91 Å². The van der Waals surface area contributed by atoms with E-state index in [2.05, 4.69) is 12.2 Å². The Bertz CT molecular complexity index is 351. The first kappa shape index (κ1) is 11.1. The van der Waals surface area contributed by atoms with E-state index in [4.69, 9.17) is 0 Å². The van der Waals surface area contributed by atoms with Crippen LogP contribution in [0, 0.1) is 29.6 Å². The highest BCUT2D eigenvalue weighted by molar-refractivity contribution is 5.77. The summed E-state index contributed by atoms with van der Waals surface area (Å²) < 4.78 is 0. The lowest BCUT2D eigenvalue weighted by Crippen LogP contribution is -2.46. The molecule has 0 aromatic rings. The van der Waals surface area contributed by atoms with Crippen LogP contribution >= 0.6 is 0 Å². The highest BCUT2D eigenvalue weighted by atomic mass is 16.2. The van der Waals surface area contributed by atoms with E-state index in [1.807, 2.05) is 4.90 Å². The summed E-state index contributed by atoms with van der Waals surface area (Å²) in [4.78, 5) is 14.3. The first-order valence-corrected chi connectivity index (χ1v) is 7.72. The summed E-state index contributed by atoms with van der Waals surface area (Å²) in [7, 11) is 0. The van der Waals surface area contributed by atoms with E-state index in [1.165, 1.54) is 32.1 Å². The minimum atomic E-state index is 0.414. The van der Waals surface area contributed by atoms with Crippen LogP contribution in [0.2, 0.25) is 0 Å². The fourth-order valence-corrected chi connectivity index (χ4v) is 5.38. The normalized spacial score (nSPS) is 44.9. The maximum Gasteiger partial charge on any atom is 0.223 e. The zero-order valence-corrected chi connectivity index (χ0v) is 11.1. The van der Waals surface area contributed by atoms with Crippen molar-refractivity contribution in [2.45, 2.75) is 38.5 Å². The molecule has 2 nitrogen and oxygen atoms in total. The number of hydrogen-bond acceptors (Lipinski definition) is 1. The molecule has 0 unspecified atom stereocenters. The predicted octanol–water partition coefficient (Wildman–Crippen LogP) is 2.85. The van der Waals surface area contributed by atoms with Gasteiger partial charge in [0.05, 0.1) is 0 Å². The summed E-state index contributed by atoms with van der Waals surface area (Å²) in [6.07, 6.45) is 12.3. The Kier molecular flexibility index (Phi) is 2.53. The zero-order valence-electron chi connectivity index (χ0n) is 11.1. The maximum atomic E-state index is 12.3. The minimum Gasteiger partial charge on any atom is -0.335 e. The monoisotopic (exact) mass is 245 g/mol. The zero-order chi connectivity index (χ0) is 12.1. The van der Waals surface area contributed by atoms with Crippen LogP contribution in [-0.2, 0) is 4.79 Å². The van der Waals surface area contributed by atoms with Gasteiger partial charge in [-0.25, -0.2) is 0 Å². The van der Waals surface area contributed by atoms with Gasteiger partial charge in [0.15, 0.2) is 0 Å². The van der Waals surface area contributed by atoms with Crippen LogP contribution in [0.5, 0.6) is 0 Å². The third-order valence-corrected chi connectivity index (χ3v) is 6.00. The molecule has 1 amide bonds. The van der Waals surface area contributed by atoms with E-state index in [0.29, 0.717) is 5.91 Å². The predicted molar refractivity (Wildman–Crippen MR) is 70.9 cm³/mol. The van der Waals surface area contributed by atoms with Gasteiger partial charge in [-0.05, 0) is 61.7 Å². The standard InChI is InChI=1S/C16H23NO/c18-16(17-3-1-2-4-17)10-15-13-6-11-5-12(8-13)9-14(15)7-11/h1-2,11-15H,3-10H2. The Morgan fingerprint density at radius 2 is 1.50 bits per heavy atom. The Labute approximate surface area is 109 Å². The molecule has 0 N–H and O–H groups in total. The molecule has 0 saturated heterocycles. The molecule has 4 saturated carbocycles. The molecule has 0 radical (unpaired) electrons. The van der Waals surface area contributed by atoms with E-state index in [-0.39, 0.29) is 0 Å².